The Morgan fingerprint density at radius 2 is 2.33 bits per heavy atom. The molecule has 1 atom stereocenters. The molecule has 0 bridgehead atoms. The van der Waals surface area contributed by atoms with Crippen LogP contribution in [0.5, 0.6) is 0 Å². The lowest BCUT2D eigenvalue weighted by Gasteiger charge is -2.01. The molecule has 3 heteroatoms. The van der Waals surface area contributed by atoms with Gasteiger partial charge < -0.3 is 10.1 Å². The van der Waals surface area contributed by atoms with Gasteiger partial charge in [-0.1, -0.05) is 0 Å². The number of hydrogen-bond donors (Lipinski definition) is 1. The third-order valence-corrected chi connectivity index (χ3v) is 2.40. The van der Waals surface area contributed by atoms with Crippen molar-refractivity contribution in [2.45, 2.75) is 12.1 Å². The molecule has 1 aromatic rings. The van der Waals surface area contributed by atoms with Gasteiger partial charge in [0.1, 0.15) is 5.82 Å². The highest BCUT2D eigenvalue weighted by Crippen LogP contribution is 2.41. The van der Waals surface area contributed by atoms with E-state index in [-0.39, 0.29) is 11.5 Å². The van der Waals surface area contributed by atoms with Gasteiger partial charge in [-0.15, -0.1) is 0 Å². The molecule has 1 N–H and O–H groups in total. The van der Waals surface area contributed by atoms with Gasteiger partial charge >= 0.3 is 0 Å². The van der Waals surface area contributed by atoms with E-state index in [0.717, 1.165) is 24.3 Å². The summed E-state index contributed by atoms with van der Waals surface area (Å²) in [6, 6.07) is 4.80. The van der Waals surface area contributed by atoms with Gasteiger partial charge in [-0.25, -0.2) is 4.39 Å². The Kier molecular flexibility index (Phi) is 0.964. The van der Waals surface area contributed by atoms with Crippen LogP contribution in [0.2, 0.25) is 0 Å². The van der Waals surface area contributed by atoms with Crippen LogP contribution in [0.15, 0.2) is 18.2 Å². The molecule has 3 rings (SSSR count). The molecule has 12 heavy (non-hydrogen) atoms. The first kappa shape index (κ1) is 6.43. The van der Waals surface area contributed by atoms with Crippen molar-refractivity contribution in [3.8, 4) is 0 Å². The van der Waals surface area contributed by atoms with Crippen molar-refractivity contribution < 1.29 is 9.13 Å². The standard InChI is InChI=1S/C9H8FNO/c10-7-1-2-8-6(3-7)4-9(11-8)5-12-9/h1-3,11H,4-5H2. The maximum absolute atomic E-state index is 12.8. The van der Waals surface area contributed by atoms with Gasteiger partial charge in [0, 0.05) is 12.1 Å². The summed E-state index contributed by atoms with van der Waals surface area (Å²) in [6.07, 6.45) is 0.792. The molecule has 0 aliphatic carbocycles. The first-order valence-electron chi connectivity index (χ1n) is 3.98. The number of hydrogen-bond acceptors (Lipinski definition) is 2. The third-order valence-electron chi connectivity index (χ3n) is 2.40. The van der Waals surface area contributed by atoms with Gasteiger partial charge in [-0.3, -0.25) is 0 Å². The fraction of sp³-hybridized carbons (Fsp3) is 0.333. The van der Waals surface area contributed by atoms with Crippen LogP contribution in [-0.4, -0.2) is 12.3 Å². The monoisotopic (exact) mass is 165 g/mol. The van der Waals surface area contributed by atoms with Crippen molar-refractivity contribution >= 4 is 5.69 Å². The molecule has 2 nitrogen and oxygen atoms in total. The molecule has 0 aromatic heterocycles. The van der Waals surface area contributed by atoms with Crippen molar-refractivity contribution in [1.29, 1.82) is 0 Å². The Labute approximate surface area is 69.3 Å². The molecule has 0 amide bonds. The molecule has 2 heterocycles. The fourth-order valence-corrected chi connectivity index (χ4v) is 1.69. The lowest BCUT2D eigenvalue weighted by molar-refractivity contribution is 0.339. The van der Waals surface area contributed by atoms with Gasteiger partial charge in [0.05, 0.1) is 6.61 Å². The highest BCUT2D eigenvalue weighted by atomic mass is 19.1. The Hall–Kier alpha value is -1.09. The van der Waals surface area contributed by atoms with Crippen LogP contribution < -0.4 is 5.32 Å². The molecular formula is C9H8FNO. The SMILES string of the molecule is Fc1ccc2c(c1)CC1(CO1)N2. The lowest BCUT2D eigenvalue weighted by Crippen LogP contribution is -2.18. The zero-order valence-electron chi connectivity index (χ0n) is 6.43. The summed E-state index contributed by atoms with van der Waals surface area (Å²) in [5, 5.41) is 3.22. The quantitative estimate of drug-likeness (QED) is 0.589. The normalized spacial score (nSPS) is 30.1. The molecule has 62 valence electrons. The summed E-state index contributed by atoms with van der Waals surface area (Å²) in [5.41, 5.74) is 1.86. The van der Waals surface area contributed by atoms with E-state index in [4.69, 9.17) is 4.74 Å². The van der Waals surface area contributed by atoms with Crippen LogP contribution in [0.3, 0.4) is 0 Å². The predicted octanol–water partition coefficient (Wildman–Crippen LogP) is 1.52. The van der Waals surface area contributed by atoms with Gasteiger partial charge in [0.25, 0.3) is 0 Å². The number of anilines is 1. The summed E-state index contributed by atoms with van der Waals surface area (Å²) in [4.78, 5) is 0. The highest BCUT2D eigenvalue weighted by molar-refractivity contribution is 5.59. The zero-order valence-corrected chi connectivity index (χ0v) is 6.43. The smallest absolute Gasteiger partial charge is 0.166 e. The van der Waals surface area contributed by atoms with Crippen LogP contribution in [0.25, 0.3) is 0 Å². The molecule has 1 saturated heterocycles. The van der Waals surface area contributed by atoms with Crippen LogP contribution in [0.4, 0.5) is 10.1 Å². The molecule has 2 aliphatic heterocycles. The predicted molar refractivity (Wildman–Crippen MR) is 42.4 cm³/mol. The number of rotatable bonds is 0. The van der Waals surface area contributed by atoms with Crippen molar-refractivity contribution in [1.82, 2.24) is 0 Å². The van der Waals surface area contributed by atoms with Gasteiger partial charge in [-0.05, 0) is 23.8 Å². The summed E-state index contributed by atoms with van der Waals surface area (Å²) in [6.45, 7) is 0.739. The minimum atomic E-state index is -0.173. The zero-order chi connectivity index (χ0) is 8.18. The summed E-state index contributed by atoms with van der Waals surface area (Å²) >= 11 is 0. The summed E-state index contributed by atoms with van der Waals surface area (Å²) in [5.74, 6) is -0.173. The average molecular weight is 165 g/mol. The molecule has 1 fully saturated rings. The summed E-state index contributed by atoms with van der Waals surface area (Å²) in [7, 11) is 0. The second-order valence-corrected chi connectivity index (χ2v) is 3.39. The van der Waals surface area contributed by atoms with E-state index < -0.39 is 0 Å². The molecule has 0 radical (unpaired) electrons. The first-order valence-corrected chi connectivity index (χ1v) is 3.98. The van der Waals surface area contributed by atoms with Crippen LogP contribution in [-0.2, 0) is 11.2 Å². The number of nitrogens with one attached hydrogen (secondary N) is 1. The second-order valence-electron chi connectivity index (χ2n) is 3.39. The van der Waals surface area contributed by atoms with Crippen LogP contribution >= 0.6 is 0 Å². The van der Waals surface area contributed by atoms with E-state index in [9.17, 15) is 4.39 Å². The van der Waals surface area contributed by atoms with Gasteiger partial charge in [-0.2, -0.15) is 0 Å². The minimum absolute atomic E-state index is 0.171. The van der Waals surface area contributed by atoms with Crippen molar-refractivity contribution in [3.05, 3.63) is 29.6 Å². The Bertz CT molecular complexity index is 346. The maximum atomic E-state index is 12.8. The van der Waals surface area contributed by atoms with Crippen molar-refractivity contribution in [2.24, 2.45) is 0 Å². The Morgan fingerprint density at radius 1 is 1.50 bits per heavy atom. The molecule has 1 aromatic carbocycles. The van der Waals surface area contributed by atoms with Crippen molar-refractivity contribution in [2.75, 3.05) is 11.9 Å². The lowest BCUT2D eigenvalue weighted by atomic mass is 10.1. The van der Waals surface area contributed by atoms with E-state index in [1.165, 1.54) is 6.07 Å². The second kappa shape index (κ2) is 1.80. The largest absolute Gasteiger partial charge is 0.355 e. The van der Waals surface area contributed by atoms with E-state index in [1.807, 2.05) is 0 Å². The molecule has 1 spiro atoms. The van der Waals surface area contributed by atoms with Crippen LogP contribution in [0.1, 0.15) is 5.56 Å². The first-order chi connectivity index (χ1) is 5.77. The van der Waals surface area contributed by atoms with Crippen LogP contribution in [0, 0.1) is 5.82 Å². The van der Waals surface area contributed by atoms with Crippen molar-refractivity contribution in [3.63, 3.8) is 0 Å². The van der Waals surface area contributed by atoms with E-state index in [0.29, 0.717) is 0 Å². The molecule has 1 unspecified atom stereocenters. The molecular weight excluding hydrogens is 157 g/mol. The topological polar surface area (TPSA) is 24.6 Å². The fourth-order valence-electron chi connectivity index (χ4n) is 1.69. The number of ether oxygens (including phenoxy) is 1. The van der Waals surface area contributed by atoms with Gasteiger partial charge in [0.15, 0.2) is 5.72 Å². The van der Waals surface area contributed by atoms with E-state index >= 15 is 0 Å². The molecule has 0 saturated carbocycles. The molecule has 2 aliphatic rings. The Balaban J connectivity index is 2.07. The Morgan fingerprint density at radius 3 is 3.08 bits per heavy atom. The van der Waals surface area contributed by atoms with E-state index in [2.05, 4.69) is 5.32 Å². The van der Waals surface area contributed by atoms with E-state index in [1.54, 1.807) is 12.1 Å². The summed E-state index contributed by atoms with van der Waals surface area (Å²) < 4.78 is 18.0. The number of halogens is 1. The van der Waals surface area contributed by atoms with Gasteiger partial charge in [0.2, 0.25) is 0 Å². The minimum Gasteiger partial charge on any atom is -0.355 e. The third kappa shape index (κ3) is 0.770. The average Bonchev–Trinajstić information content (AvgIpc) is 2.63. The number of benzene rings is 1. The number of fused-ring (bicyclic) bond motifs is 1. The number of epoxide rings is 1. The highest BCUT2D eigenvalue weighted by Gasteiger charge is 2.49. The maximum Gasteiger partial charge on any atom is 0.166 e.